The fraction of sp³-hybridized carbons (Fsp3) is 0.909. The van der Waals surface area contributed by atoms with Gasteiger partial charge in [-0.1, -0.05) is 6.92 Å². The van der Waals surface area contributed by atoms with E-state index in [2.05, 4.69) is 11.8 Å². The van der Waals surface area contributed by atoms with E-state index in [4.69, 9.17) is 5.73 Å². The normalized spacial score (nSPS) is 39.6. The lowest BCUT2D eigenvalue weighted by Crippen LogP contribution is -2.61. The lowest BCUT2D eigenvalue weighted by Gasteiger charge is -2.48. The molecule has 1 heterocycles. The van der Waals surface area contributed by atoms with Gasteiger partial charge in [-0.3, -0.25) is 4.79 Å². The van der Waals surface area contributed by atoms with Crippen molar-refractivity contribution in [3.63, 3.8) is 0 Å². The van der Waals surface area contributed by atoms with Gasteiger partial charge < -0.3 is 10.6 Å². The molecule has 2 aliphatic rings. The Hall–Kier alpha value is -0.410. The highest BCUT2D eigenvalue weighted by molar-refractivity contribution is 5.80. The summed E-state index contributed by atoms with van der Waals surface area (Å²) in [4.78, 5) is 13.8. The molecule has 0 bridgehead atoms. The number of rotatable bonds is 1. The molecule has 0 aromatic heterocycles. The molecular formula is C11H20N2O. The minimum absolute atomic E-state index is 0.0673. The highest BCUT2D eigenvalue weighted by Gasteiger charge is 2.43. The molecule has 0 spiro atoms. The van der Waals surface area contributed by atoms with Gasteiger partial charge in [0.05, 0.1) is 0 Å². The van der Waals surface area contributed by atoms with Crippen LogP contribution in [0.15, 0.2) is 0 Å². The van der Waals surface area contributed by atoms with Gasteiger partial charge in [0.25, 0.3) is 0 Å². The molecule has 0 amide bonds. The number of hydrogen-bond acceptors (Lipinski definition) is 3. The third-order valence-corrected chi connectivity index (χ3v) is 3.92. The van der Waals surface area contributed by atoms with Gasteiger partial charge >= 0.3 is 0 Å². The van der Waals surface area contributed by atoms with Crippen molar-refractivity contribution in [3.8, 4) is 0 Å². The van der Waals surface area contributed by atoms with Gasteiger partial charge in [0, 0.05) is 24.9 Å². The third-order valence-electron chi connectivity index (χ3n) is 3.92. The first kappa shape index (κ1) is 10.1. The smallest absolute Gasteiger partial charge is 0.133 e. The molecule has 1 saturated carbocycles. The van der Waals surface area contributed by atoms with Crippen molar-refractivity contribution in [2.24, 2.45) is 11.7 Å². The molecule has 0 aromatic carbocycles. The molecule has 2 atom stereocenters. The van der Waals surface area contributed by atoms with Crippen molar-refractivity contribution >= 4 is 5.78 Å². The lowest BCUT2D eigenvalue weighted by molar-refractivity contribution is -0.124. The maximum absolute atomic E-state index is 11.3. The Labute approximate surface area is 85.6 Å². The van der Waals surface area contributed by atoms with E-state index in [0.29, 0.717) is 18.1 Å². The van der Waals surface area contributed by atoms with Crippen molar-refractivity contribution in [1.29, 1.82) is 0 Å². The van der Waals surface area contributed by atoms with Crippen LogP contribution < -0.4 is 5.73 Å². The van der Waals surface area contributed by atoms with Crippen molar-refractivity contribution in [3.05, 3.63) is 0 Å². The van der Waals surface area contributed by atoms with Gasteiger partial charge in [-0.25, -0.2) is 0 Å². The quantitative estimate of drug-likeness (QED) is 0.674. The summed E-state index contributed by atoms with van der Waals surface area (Å²) < 4.78 is 0. The Morgan fingerprint density at radius 3 is 3.14 bits per heavy atom. The highest BCUT2D eigenvalue weighted by Crippen LogP contribution is 2.36. The molecule has 1 aliphatic carbocycles. The SMILES string of the molecule is CCN1CCC2CC(=O)CCC2(N)C1. The molecule has 0 aromatic rings. The zero-order chi connectivity index (χ0) is 10.2. The highest BCUT2D eigenvalue weighted by atomic mass is 16.1. The first-order chi connectivity index (χ1) is 6.64. The number of Topliss-reactive ketones (excluding diaryl/α,β-unsaturated/α-hetero) is 1. The lowest BCUT2D eigenvalue weighted by atomic mass is 9.69. The molecule has 1 saturated heterocycles. The van der Waals surface area contributed by atoms with Crippen LogP contribution in [0.3, 0.4) is 0 Å². The monoisotopic (exact) mass is 196 g/mol. The number of hydrogen-bond donors (Lipinski definition) is 1. The van der Waals surface area contributed by atoms with Crippen LogP contribution in [-0.2, 0) is 4.79 Å². The Morgan fingerprint density at radius 2 is 2.43 bits per heavy atom. The van der Waals surface area contributed by atoms with Crippen LogP contribution in [0.1, 0.15) is 32.6 Å². The molecule has 1 aliphatic heterocycles. The first-order valence-electron chi connectivity index (χ1n) is 5.67. The maximum Gasteiger partial charge on any atom is 0.133 e. The summed E-state index contributed by atoms with van der Waals surface area (Å²) in [5.74, 6) is 0.868. The number of fused-ring (bicyclic) bond motifs is 1. The summed E-state index contributed by atoms with van der Waals surface area (Å²) >= 11 is 0. The van der Waals surface area contributed by atoms with Crippen molar-refractivity contribution in [2.45, 2.75) is 38.1 Å². The van der Waals surface area contributed by atoms with Gasteiger partial charge in [0.1, 0.15) is 5.78 Å². The van der Waals surface area contributed by atoms with E-state index in [0.717, 1.165) is 38.9 Å². The van der Waals surface area contributed by atoms with E-state index in [-0.39, 0.29) is 5.54 Å². The first-order valence-corrected chi connectivity index (χ1v) is 5.67. The maximum atomic E-state index is 11.3. The van der Waals surface area contributed by atoms with E-state index in [1.807, 2.05) is 0 Å². The molecule has 3 nitrogen and oxygen atoms in total. The molecule has 3 heteroatoms. The van der Waals surface area contributed by atoms with Crippen LogP contribution in [0.2, 0.25) is 0 Å². The van der Waals surface area contributed by atoms with Crippen molar-refractivity contribution in [2.75, 3.05) is 19.6 Å². The summed E-state index contributed by atoms with van der Waals surface area (Å²) in [5, 5.41) is 0. The Morgan fingerprint density at radius 1 is 1.64 bits per heavy atom. The van der Waals surface area contributed by atoms with Crippen LogP contribution in [0.4, 0.5) is 0 Å². The van der Waals surface area contributed by atoms with E-state index >= 15 is 0 Å². The summed E-state index contributed by atoms with van der Waals surface area (Å²) in [5.41, 5.74) is 6.33. The van der Waals surface area contributed by atoms with E-state index in [9.17, 15) is 4.79 Å². The fourth-order valence-electron chi connectivity index (χ4n) is 2.86. The van der Waals surface area contributed by atoms with E-state index in [1.165, 1.54) is 0 Å². The van der Waals surface area contributed by atoms with Gasteiger partial charge in [-0.2, -0.15) is 0 Å². The minimum atomic E-state index is -0.0673. The summed E-state index contributed by atoms with van der Waals surface area (Å²) in [6.45, 7) is 5.37. The van der Waals surface area contributed by atoms with Crippen molar-refractivity contribution < 1.29 is 4.79 Å². The minimum Gasteiger partial charge on any atom is -0.324 e. The number of piperidine rings is 1. The van der Waals surface area contributed by atoms with Crippen LogP contribution in [0.25, 0.3) is 0 Å². The van der Waals surface area contributed by atoms with Gasteiger partial charge in [0.2, 0.25) is 0 Å². The topological polar surface area (TPSA) is 46.3 Å². The average molecular weight is 196 g/mol. The molecule has 2 N–H and O–H groups in total. The zero-order valence-electron chi connectivity index (χ0n) is 8.96. The number of ketones is 1. The second kappa shape index (κ2) is 3.63. The van der Waals surface area contributed by atoms with Crippen LogP contribution in [-0.4, -0.2) is 35.9 Å². The van der Waals surface area contributed by atoms with Gasteiger partial charge in [-0.05, 0) is 31.8 Å². The van der Waals surface area contributed by atoms with Gasteiger partial charge in [-0.15, -0.1) is 0 Å². The van der Waals surface area contributed by atoms with Crippen LogP contribution in [0.5, 0.6) is 0 Å². The molecule has 80 valence electrons. The molecule has 14 heavy (non-hydrogen) atoms. The number of likely N-dealkylation sites (tertiary alicyclic amines) is 1. The van der Waals surface area contributed by atoms with Crippen molar-refractivity contribution in [1.82, 2.24) is 4.90 Å². The Bertz CT molecular complexity index is 241. The zero-order valence-corrected chi connectivity index (χ0v) is 8.96. The summed E-state index contributed by atoms with van der Waals surface area (Å²) in [6.07, 6.45) is 3.43. The predicted molar refractivity (Wildman–Crippen MR) is 56.0 cm³/mol. The largest absolute Gasteiger partial charge is 0.324 e. The number of carbonyl (C=O) groups excluding carboxylic acids is 1. The molecular weight excluding hydrogens is 176 g/mol. The number of likely N-dealkylation sites (N-methyl/N-ethyl adjacent to an activating group) is 1. The molecule has 0 radical (unpaired) electrons. The van der Waals surface area contributed by atoms with Crippen LogP contribution >= 0.6 is 0 Å². The van der Waals surface area contributed by atoms with Crippen LogP contribution in [0, 0.1) is 5.92 Å². The number of nitrogens with two attached hydrogens (primary N) is 1. The number of carbonyl (C=O) groups is 1. The second-order valence-corrected chi connectivity index (χ2v) is 4.83. The summed E-state index contributed by atoms with van der Waals surface area (Å²) in [6, 6.07) is 0. The number of nitrogens with zero attached hydrogens (tertiary/aromatic N) is 1. The standard InChI is InChI=1S/C11H20N2O/c1-2-13-6-4-9-7-10(14)3-5-11(9,12)8-13/h9H,2-8,12H2,1H3. The van der Waals surface area contributed by atoms with E-state index in [1.54, 1.807) is 0 Å². The Balaban J connectivity index is 2.07. The molecule has 2 fully saturated rings. The average Bonchev–Trinajstić information content (AvgIpc) is 2.18. The predicted octanol–water partition coefficient (Wildman–Crippen LogP) is 0.779. The summed E-state index contributed by atoms with van der Waals surface area (Å²) in [7, 11) is 0. The van der Waals surface area contributed by atoms with E-state index < -0.39 is 0 Å². The third kappa shape index (κ3) is 1.71. The Kier molecular flexibility index (Phi) is 2.62. The fourth-order valence-corrected chi connectivity index (χ4v) is 2.86. The second-order valence-electron chi connectivity index (χ2n) is 4.83. The van der Waals surface area contributed by atoms with Gasteiger partial charge in [0.15, 0.2) is 0 Å². The molecule has 2 rings (SSSR count). The molecule has 2 unspecified atom stereocenters.